The van der Waals surface area contributed by atoms with E-state index in [9.17, 15) is 4.79 Å². The van der Waals surface area contributed by atoms with E-state index in [1.54, 1.807) is 6.26 Å². The molecular weight excluding hydrogens is 440 g/mol. The SMILES string of the molecule is Nc1c(C(=O)c2ccccc2)sc2nc3c(c(-c4ccco4)c12)CCC/C3=C/c1ccccc1. The lowest BCUT2D eigenvalue weighted by molar-refractivity contribution is 0.104. The molecule has 0 saturated heterocycles. The summed E-state index contributed by atoms with van der Waals surface area (Å²) in [5, 5.41) is 0.818. The topological polar surface area (TPSA) is 69.1 Å². The normalized spacial score (nSPS) is 14.4. The van der Waals surface area contributed by atoms with Gasteiger partial charge in [0.2, 0.25) is 5.78 Å². The van der Waals surface area contributed by atoms with E-state index in [-0.39, 0.29) is 5.78 Å². The summed E-state index contributed by atoms with van der Waals surface area (Å²) in [4.78, 5) is 19.7. The van der Waals surface area contributed by atoms with Gasteiger partial charge in [0.1, 0.15) is 15.5 Å². The van der Waals surface area contributed by atoms with Crippen LogP contribution in [-0.4, -0.2) is 10.8 Å². The molecule has 1 aliphatic carbocycles. The van der Waals surface area contributed by atoms with Gasteiger partial charge in [0.15, 0.2) is 0 Å². The van der Waals surface area contributed by atoms with Gasteiger partial charge < -0.3 is 10.2 Å². The predicted octanol–water partition coefficient (Wildman–Crippen LogP) is 7.25. The lowest BCUT2D eigenvalue weighted by Crippen LogP contribution is -2.07. The Morgan fingerprint density at radius 1 is 0.971 bits per heavy atom. The number of furan rings is 1. The second-order valence-electron chi connectivity index (χ2n) is 8.45. The molecule has 2 N–H and O–H groups in total. The van der Waals surface area contributed by atoms with Crippen LogP contribution in [-0.2, 0) is 6.42 Å². The zero-order chi connectivity index (χ0) is 23.1. The highest BCUT2D eigenvalue weighted by Crippen LogP contribution is 2.46. The Labute approximate surface area is 201 Å². The largest absolute Gasteiger partial charge is 0.464 e. The van der Waals surface area contributed by atoms with E-state index >= 15 is 0 Å². The summed E-state index contributed by atoms with van der Waals surface area (Å²) in [5.41, 5.74) is 13.2. The van der Waals surface area contributed by atoms with Gasteiger partial charge >= 0.3 is 0 Å². The first-order valence-corrected chi connectivity index (χ1v) is 12.2. The number of carbonyl (C=O) groups is 1. The standard InChI is InChI=1S/C29H22N2O2S/c30-25-24-23(22-15-8-16-33-22)21-14-7-13-20(17-18-9-3-1-4-10-18)26(21)31-29(24)34-28(25)27(32)19-11-5-2-6-12-19/h1-6,8-12,15-17H,7,13-14,30H2/b20-17-. The minimum absolute atomic E-state index is 0.0792. The highest BCUT2D eigenvalue weighted by Gasteiger charge is 2.28. The molecule has 0 saturated carbocycles. The van der Waals surface area contributed by atoms with E-state index in [0.29, 0.717) is 16.1 Å². The quantitative estimate of drug-likeness (QED) is 0.286. The smallest absolute Gasteiger partial charge is 0.205 e. The van der Waals surface area contributed by atoms with Crippen molar-refractivity contribution in [3.63, 3.8) is 0 Å². The highest BCUT2D eigenvalue weighted by molar-refractivity contribution is 7.21. The molecule has 2 aromatic carbocycles. The van der Waals surface area contributed by atoms with E-state index in [2.05, 4.69) is 18.2 Å². The highest BCUT2D eigenvalue weighted by atomic mass is 32.1. The van der Waals surface area contributed by atoms with Gasteiger partial charge in [-0.25, -0.2) is 4.98 Å². The van der Waals surface area contributed by atoms with Crippen LogP contribution in [0, 0.1) is 0 Å². The Balaban J connectivity index is 1.61. The Hall–Kier alpha value is -3.96. The number of allylic oxidation sites excluding steroid dienone is 1. The van der Waals surface area contributed by atoms with Gasteiger partial charge in [-0.3, -0.25) is 4.79 Å². The van der Waals surface area contributed by atoms with Crippen molar-refractivity contribution in [2.24, 2.45) is 0 Å². The lowest BCUT2D eigenvalue weighted by atomic mass is 9.85. The molecule has 0 unspecified atom stereocenters. The molecule has 0 radical (unpaired) electrons. The van der Waals surface area contributed by atoms with Crippen LogP contribution >= 0.6 is 11.3 Å². The maximum atomic E-state index is 13.3. The molecule has 0 amide bonds. The number of thiophene rings is 1. The number of ketones is 1. The summed E-state index contributed by atoms with van der Waals surface area (Å²) in [7, 11) is 0. The van der Waals surface area contributed by atoms with Gasteiger partial charge in [-0.1, -0.05) is 60.7 Å². The third-order valence-corrected chi connectivity index (χ3v) is 7.40. The second kappa shape index (κ2) is 8.43. The van der Waals surface area contributed by atoms with Crippen LogP contribution in [0.1, 0.15) is 44.9 Å². The number of pyridine rings is 1. The molecule has 0 bridgehead atoms. The van der Waals surface area contributed by atoms with Crippen LogP contribution in [0.25, 0.3) is 33.2 Å². The predicted molar refractivity (Wildman–Crippen MR) is 139 cm³/mol. The minimum Gasteiger partial charge on any atom is -0.464 e. The number of hydrogen-bond donors (Lipinski definition) is 1. The van der Waals surface area contributed by atoms with Crippen molar-refractivity contribution in [3.8, 4) is 11.3 Å². The van der Waals surface area contributed by atoms with E-state index < -0.39 is 0 Å². The lowest BCUT2D eigenvalue weighted by Gasteiger charge is -2.21. The monoisotopic (exact) mass is 462 g/mol. The van der Waals surface area contributed by atoms with Gasteiger partial charge in [0.05, 0.1) is 17.6 Å². The first-order chi connectivity index (χ1) is 16.7. The number of nitrogens with two attached hydrogens (primary N) is 1. The van der Waals surface area contributed by atoms with Crippen molar-refractivity contribution < 1.29 is 9.21 Å². The van der Waals surface area contributed by atoms with Gasteiger partial charge in [0, 0.05) is 16.5 Å². The Morgan fingerprint density at radius 2 is 1.74 bits per heavy atom. The molecule has 6 rings (SSSR count). The van der Waals surface area contributed by atoms with E-state index in [0.717, 1.165) is 57.6 Å². The van der Waals surface area contributed by atoms with Crippen molar-refractivity contribution in [2.75, 3.05) is 5.73 Å². The summed E-state index contributed by atoms with van der Waals surface area (Å²) in [6.07, 6.45) is 6.75. The molecule has 3 aromatic heterocycles. The fourth-order valence-electron chi connectivity index (χ4n) is 4.75. The number of benzene rings is 2. The van der Waals surface area contributed by atoms with Crippen LogP contribution in [0.5, 0.6) is 0 Å². The Kier molecular flexibility index (Phi) is 5.12. The Bertz CT molecular complexity index is 1530. The number of nitrogens with zero attached hydrogens (tertiary/aromatic N) is 1. The summed E-state index contributed by atoms with van der Waals surface area (Å²) in [6.45, 7) is 0. The number of rotatable bonds is 4. The van der Waals surface area contributed by atoms with Crippen LogP contribution in [0.15, 0.2) is 83.5 Å². The molecule has 0 fully saturated rings. The molecule has 34 heavy (non-hydrogen) atoms. The number of hydrogen-bond acceptors (Lipinski definition) is 5. The number of anilines is 1. The molecular formula is C29H22N2O2S. The first kappa shape index (κ1) is 20.6. The zero-order valence-electron chi connectivity index (χ0n) is 18.5. The van der Waals surface area contributed by atoms with Gasteiger partial charge in [-0.05, 0) is 54.2 Å². The third-order valence-electron chi connectivity index (χ3n) is 6.30. The summed E-state index contributed by atoms with van der Waals surface area (Å²) < 4.78 is 5.87. The fraction of sp³-hybridized carbons (Fsp3) is 0.103. The fourth-order valence-corrected chi connectivity index (χ4v) is 5.81. The van der Waals surface area contributed by atoms with Crippen molar-refractivity contribution in [1.82, 2.24) is 4.98 Å². The average Bonchev–Trinajstić information content (AvgIpc) is 3.52. The van der Waals surface area contributed by atoms with Crippen LogP contribution in [0.4, 0.5) is 5.69 Å². The van der Waals surface area contributed by atoms with Crippen molar-refractivity contribution in [3.05, 3.63) is 106 Å². The molecule has 0 aliphatic heterocycles. The number of aromatic nitrogens is 1. The van der Waals surface area contributed by atoms with Gasteiger partial charge in [-0.15, -0.1) is 11.3 Å². The van der Waals surface area contributed by atoms with Crippen molar-refractivity contribution in [1.29, 1.82) is 0 Å². The molecule has 0 atom stereocenters. The van der Waals surface area contributed by atoms with Crippen LogP contribution < -0.4 is 5.73 Å². The molecule has 1 aliphatic rings. The number of carbonyl (C=O) groups excluding carboxylic acids is 1. The van der Waals surface area contributed by atoms with E-state index in [1.807, 2.05) is 60.7 Å². The molecule has 5 aromatic rings. The van der Waals surface area contributed by atoms with E-state index in [1.165, 1.54) is 16.9 Å². The van der Waals surface area contributed by atoms with Crippen molar-refractivity contribution in [2.45, 2.75) is 19.3 Å². The van der Waals surface area contributed by atoms with Gasteiger partial charge in [0.25, 0.3) is 0 Å². The minimum atomic E-state index is -0.0792. The molecule has 3 heterocycles. The third kappa shape index (κ3) is 3.45. The molecule has 0 spiro atoms. The summed E-state index contributed by atoms with van der Waals surface area (Å²) >= 11 is 1.36. The maximum absolute atomic E-state index is 13.3. The van der Waals surface area contributed by atoms with E-state index in [4.69, 9.17) is 15.1 Å². The summed E-state index contributed by atoms with van der Waals surface area (Å²) in [6, 6.07) is 23.4. The van der Waals surface area contributed by atoms with Gasteiger partial charge in [-0.2, -0.15) is 0 Å². The number of fused-ring (bicyclic) bond motifs is 2. The Morgan fingerprint density at radius 3 is 2.47 bits per heavy atom. The second-order valence-corrected chi connectivity index (χ2v) is 9.44. The molecule has 166 valence electrons. The maximum Gasteiger partial charge on any atom is 0.205 e. The first-order valence-electron chi connectivity index (χ1n) is 11.3. The average molecular weight is 463 g/mol. The zero-order valence-corrected chi connectivity index (χ0v) is 19.3. The van der Waals surface area contributed by atoms with Crippen molar-refractivity contribution >= 4 is 44.7 Å². The molecule has 4 nitrogen and oxygen atoms in total. The summed E-state index contributed by atoms with van der Waals surface area (Å²) in [5.74, 6) is 0.678. The molecule has 5 heteroatoms. The number of nitrogen functional groups attached to an aromatic ring is 1. The van der Waals surface area contributed by atoms with Crippen LogP contribution in [0.3, 0.4) is 0 Å². The van der Waals surface area contributed by atoms with Crippen LogP contribution in [0.2, 0.25) is 0 Å².